The van der Waals surface area contributed by atoms with E-state index in [-0.39, 0.29) is 0 Å². The van der Waals surface area contributed by atoms with E-state index >= 15 is 0 Å². The van der Waals surface area contributed by atoms with E-state index in [0.717, 1.165) is 49.4 Å². The summed E-state index contributed by atoms with van der Waals surface area (Å²) in [7, 11) is 0. The first-order chi connectivity index (χ1) is 9.77. The summed E-state index contributed by atoms with van der Waals surface area (Å²) in [6, 6.07) is 6.22. The molecule has 1 aromatic carbocycles. The van der Waals surface area contributed by atoms with Crippen LogP contribution in [0.15, 0.2) is 22.7 Å². The number of hydrogen-bond donors (Lipinski definition) is 1. The molecule has 114 valence electrons. The Morgan fingerprint density at radius 2 is 1.95 bits per heavy atom. The fraction of sp³-hybridized carbons (Fsp3) is 0.625. The quantitative estimate of drug-likeness (QED) is 0.612. The highest BCUT2D eigenvalue weighted by Crippen LogP contribution is 2.25. The van der Waals surface area contributed by atoms with E-state index in [9.17, 15) is 0 Å². The van der Waals surface area contributed by atoms with Crippen LogP contribution in [0.3, 0.4) is 0 Å². The molecular formula is C16H26BrNO2. The zero-order valence-electron chi connectivity index (χ0n) is 12.6. The molecule has 0 atom stereocenters. The average molecular weight is 344 g/mol. The zero-order valence-corrected chi connectivity index (χ0v) is 14.2. The molecule has 0 aromatic heterocycles. The van der Waals surface area contributed by atoms with Crippen molar-refractivity contribution in [2.75, 3.05) is 26.4 Å². The molecule has 1 aromatic rings. The summed E-state index contributed by atoms with van der Waals surface area (Å²) in [5.41, 5.74) is 1.26. The number of benzene rings is 1. The Hall–Kier alpha value is -0.580. The third-order valence-electron chi connectivity index (χ3n) is 2.91. The molecule has 0 heterocycles. The van der Waals surface area contributed by atoms with Crippen molar-refractivity contribution in [2.45, 2.75) is 39.7 Å². The van der Waals surface area contributed by atoms with Crippen molar-refractivity contribution >= 4 is 15.9 Å². The van der Waals surface area contributed by atoms with E-state index in [4.69, 9.17) is 9.47 Å². The second kappa shape index (κ2) is 11.1. The highest BCUT2D eigenvalue weighted by Gasteiger charge is 2.01. The van der Waals surface area contributed by atoms with Gasteiger partial charge in [-0.2, -0.15) is 0 Å². The Balaban J connectivity index is 2.14. The molecule has 0 fully saturated rings. The van der Waals surface area contributed by atoms with Gasteiger partial charge in [-0.25, -0.2) is 0 Å². The molecule has 0 amide bonds. The summed E-state index contributed by atoms with van der Waals surface area (Å²) in [4.78, 5) is 0. The van der Waals surface area contributed by atoms with Crippen LogP contribution in [0.4, 0.5) is 0 Å². The van der Waals surface area contributed by atoms with Crippen LogP contribution < -0.4 is 10.1 Å². The van der Waals surface area contributed by atoms with Crippen molar-refractivity contribution in [1.82, 2.24) is 5.32 Å². The lowest BCUT2D eigenvalue weighted by atomic mass is 10.2. The minimum Gasteiger partial charge on any atom is -0.493 e. The monoisotopic (exact) mass is 343 g/mol. The number of rotatable bonds is 11. The maximum atomic E-state index is 5.52. The summed E-state index contributed by atoms with van der Waals surface area (Å²) in [5.74, 6) is 0.903. The Bertz CT molecular complexity index is 371. The smallest absolute Gasteiger partial charge is 0.133 e. The average Bonchev–Trinajstić information content (AvgIpc) is 2.45. The minimum absolute atomic E-state index is 0.689. The SMILES string of the molecule is CCCCOCCCNCc1ccc(OCC)c(Br)c1. The lowest BCUT2D eigenvalue weighted by Crippen LogP contribution is -2.16. The Morgan fingerprint density at radius 1 is 1.15 bits per heavy atom. The molecule has 0 bridgehead atoms. The van der Waals surface area contributed by atoms with Crippen molar-refractivity contribution in [3.63, 3.8) is 0 Å². The van der Waals surface area contributed by atoms with Gasteiger partial charge in [-0.15, -0.1) is 0 Å². The Kier molecular flexibility index (Phi) is 9.71. The maximum absolute atomic E-state index is 5.52. The van der Waals surface area contributed by atoms with Crippen LogP contribution in [0.1, 0.15) is 38.7 Å². The van der Waals surface area contributed by atoms with Crippen LogP contribution in [-0.4, -0.2) is 26.4 Å². The lowest BCUT2D eigenvalue weighted by Gasteiger charge is -2.09. The summed E-state index contributed by atoms with van der Waals surface area (Å²) in [6.07, 6.45) is 3.42. The van der Waals surface area contributed by atoms with Crippen molar-refractivity contribution in [3.05, 3.63) is 28.2 Å². The number of nitrogens with one attached hydrogen (secondary N) is 1. The van der Waals surface area contributed by atoms with Gasteiger partial charge in [-0.1, -0.05) is 19.4 Å². The van der Waals surface area contributed by atoms with Crippen LogP contribution in [0.5, 0.6) is 5.75 Å². The topological polar surface area (TPSA) is 30.5 Å². The molecule has 0 saturated carbocycles. The van der Waals surface area contributed by atoms with Crippen LogP contribution in [0.2, 0.25) is 0 Å². The first-order valence-electron chi connectivity index (χ1n) is 7.47. The second-order valence-electron chi connectivity index (χ2n) is 4.69. The molecule has 0 radical (unpaired) electrons. The number of hydrogen-bond acceptors (Lipinski definition) is 3. The van der Waals surface area contributed by atoms with Crippen molar-refractivity contribution in [2.24, 2.45) is 0 Å². The lowest BCUT2D eigenvalue weighted by molar-refractivity contribution is 0.129. The third-order valence-corrected chi connectivity index (χ3v) is 3.53. The molecule has 20 heavy (non-hydrogen) atoms. The predicted octanol–water partition coefficient (Wildman–Crippen LogP) is 4.14. The highest BCUT2D eigenvalue weighted by molar-refractivity contribution is 9.10. The molecule has 1 rings (SSSR count). The van der Waals surface area contributed by atoms with Gasteiger partial charge in [0.25, 0.3) is 0 Å². The van der Waals surface area contributed by atoms with E-state index in [1.54, 1.807) is 0 Å². The number of ether oxygens (including phenoxy) is 2. The molecule has 0 aliphatic heterocycles. The highest BCUT2D eigenvalue weighted by atomic mass is 79.9. The summed E-state index contributed by atoms with van der Waals surface area (Å²) < 4.78 is 12.0. The molecule has 0 unspecified atom stereocenters. The van der Waals surface area contributed by atoms with E-state index in [1.165, 1.54) is 12.0 Å². The van der Waals surface area contributed by atoms with Gasteiger partial charge < -0.3 is 14.8 Å². The molecule has 0 spiro atoms. The van der Waals surface area contributed by atoms with Crippen molar-refractivity contribution < 1.29 is 9.47 Å². The third kappa shape index (κ3) is 7.27. The first-order valence-corrected chi connectivity index (χ1v) is 8.27. The van der Waals surface area contributed by atoms with Gasteiger partial charge in [0.15, 0.2) is 0 Å². The second-order valence-corrected chi connectivity index (χ2v) is 5.55. The fourth-order valence-corrected chi connectivity index (χ4v) is 2.35. The standard InChI is InChI=1S/C16H26BrNO2/c1-3-5-10-19-11-6-9-18-13-14-7-8-16(20-4-2)15(17)12-14/h7-8,12,18H,3-6,9-11,13H2,1-2H3. The maximum Gasteiger partial charge on any atom is 0.133 e. The molecule has 0 saturated heterocycles. The van der Waals surface area contributed by atoms with Gasteiger partial charge in [0.1, 0.15) is 5.75 Å². The summed E-state index contributed by atoms with van der Waals surface area (Å²) in [6.45, 7) is 8.46. The van der Waals surface area contributed by atoms with Gasteiger partial charge in [0, 0.05) is 19.8 Å². The van der Waals surface area contributed by atoms with Crippen LogP contribution in [0, 0.1) is 0 Å². The van der Waals surface area contributed by atoms with Crippen molar-refractivity contribution in [3.8, 4) is 5.75 Å². The van der Waals surface area contributed by atoms with E-state index in [0.29, 0.717) is 6.61 Å². The minimum atomic E-state index is 0.689. The van der Waals surface area contributed by atoms with Crippen LogP contribution in [-0.2, 0) is 11.3 Å². The number of unbranched alkanes of at least 4 members (excludes halogenated alkanes) is 1. The molecule has 3 nitrogen and oxygen atoms in total. The van der Waals surface area contributed by atoms with Gasteiger partial charge in [-0.3, -0.25) is 0 Å². The van der Waals surface area contributed by atoms with E-state index < -0.39 is 0 Å². The van der Waals surface area contributed by atoms with Crippen molar-refractivity contribution in [1.29, 1.82) is 0 Å². The zero-order chi connectivity index (χ0) is 14.6. The fourth-order valence-electron chi connectivity index (χ4n) is 1.81. The summed E-state index contributed by atoms with van der Waals surface area (Å²) >= 11 is 3.53. The van der Waals surface area contributed by atoms with Gasteiger partial charge >= 0.3 is 0 Å². The van der Waals surface area contributed by atoms with Crippen LogP contribution >= 0.6 is 15.9 Å². The molecule has 0 aliphatic carbocycles. The normalized spacial score (nSPS) is 10.8. The predicted molar refractivity (Wildman–Crippen MR) is 87.4 cm³/mol. The van der Waals surface area contributed by atoms with E-state index in [1.807, 2.05) is 13.0 Å². The van der Waals surface area contributed by atoms with Gasteiger partial charge in [0.05, 0.1) is 11.1 Å². The summed E-state index contributed by atoms with van der Waals surface area (Å²) in [5, 5.41) is 3.43. The van der Waals surface area contributed by atoms with Crippen LogP contribution in [0.25, 0.3) is 0 Å². The number of halogens is 1. The first kappa shape index (κ1) is 17.5. The molecule has 1 N–H and O–H groups in total. The molecule has 0 aliphatic rings. The van der Waals surface area contributed by atoms with E-state index in [2.05, 4.69) is 40.3 Å². The molecule has 4 heteroatoms. The van der Waals surface area contributed by atoms with Gasteiger partial charge in [-0.05, 0) is 59.9 Å². The van der Waals surface area contributed by atoms with Gasteiger partial charge in [0.2, 0.25) is 0 Å². The Labute approximate surface area is 131 Å². The molecular weight excluding hydrogens is 318 g/mol. The largest absolute Gasteiger partial charge is 0.493 e. The Morgan fingerprint density at radius 3 is 2.65 bits per heavy atom.